The van der Waals surface area contributed by atoms with Gasteiger partial charge in [-0.1, -0.05) is 31.4 Å². The maximum atomic E-state index is 11.9. The molecular formula is C16H23N3O2. The van der Waals surface area contributed by atoms with Crippen LogP contribution < -0.4 is 16.4 Å². The van der Waals surface area contributed by atoms with E-state index in [0.717, 1.165) is 6.54 Å². The van der Waals surface area contributed by atoms with Crippen molar-refractivity contribution < 1.29 is 9.59 Å². The summed E-state index contributed by atoms with van der Waals surface area (Å²) in [6.45, 7) is 0.898. The lowest BCUT2D eigenvalue weighted by atomic mass is 9.89. The van der Waals surface area contributed by atoms with Crippen LogP contribution in [0.15, 0.2) is 24.3 Å². The summed E-state index contributed by atoms with van der Waals surface area (Å²) in [5.74, 6) is 0.0566. The van der Waals surface area contributed by atoms with Gasteiger partial charge < -0.3 is 16.4 Å². The molecule has 1 aromatic rings. The Morgan fingerprint density at radius 1 is 1.14 bits per heavy atom. The maximum absolute atomic E-state index is 11.9. The van der Waals surface area contributed by atoms with Crippen molar-refractivity contribution >= 4 is 17.5 Å². The normalized spacial score (nSPS) is 15.4. The predicted octanol–water partition coefficient (Wildman–Crippen LogP) is 1.89. The number of rotatable bonds is 6. The Kier molecular flexibility index (Phi) is 5.60. The number of amides is 2. The molecule has 4 N–H and O–H groups in total. The minimum atomic E-state index is -0.499. The molecule has 2 amide bonds. The van der Waals surface area contributed by atoms with Gasteiger partial charge in [-0.25, -0.2) is 0 Å². The van der Waals surface area contributed by atoms with Crippen LogP contribution in [-0.4, -0.2) is 24.9 Å². The highest BCUT2D eigenvalue weighted by Gasteiger charge is 2.14. The zero-order valence-corrected chi connectivity index (χ0v) is 12.2. The number of nitrogens with one attached hydrogen (secondary N) is 2. The molecule has 114 valence electrons. The lowest BCUT2D eigenvalue weighted by Crippen LogP contribution is -2.34. The Bertz CT molecular complexity index is 496. The van der Waals surface area contributed by atoms with E-state index in [1.54, 1.807) is 24.3 Å². The molecule has 1 aliphatic carbocycles. The zero-order chi connectivity index (χ0) is 15.1. The zero-order valence-electron chi connectivity index (χ0n) is 12.2. The second-order valence-electron chi connectivity index (χ2n) is 5.57. The van der Waals surface area contributed by atoms with Gasteiger partial charge in [-0.3, -0.25) is 9.59 Å². The topological polar surface area (TPSA) is 84.2 Å². The fourth-order valence-corrected chi connectivity index (χ4v) is 2.74. The second kappa shape index (κ2) is 7.67. The van der Waals surface area contributed by atoms with Gasteiger partial charge in [-0.2, -0.15) is 0 Å². The molecule has 5 heteroatoms. The van der Waals surface area contributed by atoms with Crippen LogP contribution in [0.2, 0.25) is 0 Å². The van der Waals surface area contributed by atoms with Gasteiger partial charge in [-0.15, -0.1) is 0 Å². The predicted molar refractivity (Wildman–Crippen MR) is 83.0 cm³/mol. The molecule has 1 aromatic carbocycles. The van der Waals surface area contributed by atoms with Crippen LogP contribution in [0.5, 0.6) is 0 Å². The Morgan fingerprint density at radius 2 is 1.86 bits per heavy atom. The van der Waals surface area contributed by atoms with Gasteiger partial charge in [0, 0.05) is 12.2 Å². The van der Waals surface area contributed by atoms with Crippen LogP contribution in [0.25, 0.3) is 0 Å². The number of nitrogens with two attached hydrogens (primary N) is 1. The highest BCUT2D eigenvalue weighted by atomic mass is 16.2. The fourth-order valence-electron chi connectivity index (χ4n) is 2.74. The molecule has 0 saturated heterocycles. The summed E-state index contributed by atoms with van der Waals surface area (Å²) in [6, 6.07) is 6.93. The van der Waals surface area contributed by atoms with Gasteiger partial charge in [-0.05, 0) is 30.9 Å². The third-order valence-electron chi connectivity index (χ3n) is 3.94. The lowest BCUT2D eigenvalue weighted by molar-refractivity contribution is -0.119. The van der Waals surface area contributed by atoms with Crippen LogP contribution in [0, 0.1) is 5.92 Å². The smallest absolute Gasteiger partial charge is 0.250 e. The van der Waals surface area contributed by atoms with Crippen molar-refractivity contribution in [2.75, 3.05) is 18.4 Å². The van der Waals surface area contributed by atoms with Gasteiger partial charge in [0.1, 0.15) is 0 Å². The van der Waals surface area contributed by atoms with Crippen LogP contribution in [0.1, 0.15) is 42.5 Å². The van der Waals surface area contributed by atoms with Crippen molar-refractivity contribution in [3.8, 4) is 0 Å². The largest absolute Gasteiger partial charge is 0.376 e. The van der Waals surface area contributed by atoms with Crippen molar-refractivity contribution in [1.82, 2.24) is 5.32 Å². The van der Waals surface area contributed by atoms with Gasteiger partial charge in [0.2, 0.25) is 5.91 Å². The van der Waals surface area contributed by atoms with Crippen molar-refractivity contribution in [2.45, 2.75) is 32.1 Å². The summed E-state index contributed by atoms with van der Waals surface area (Å²) in [5, 5.41) is 5.92. The first-order valence-electron chi connectivity index (χ1n) is 7.56. The number of benzene rings is 1. The van der Waals surface area contributed by atoms with E-state index in [-0.39, 0.29) is 12.5 Å². The average molecular weight is 289 g/mol. The van der Waals surface area contributed by atoms with E-state index in [0.29, 0.717) is 17.2 Å². The molecular weight excluding hydrogens is 266 g/mol. The van der Waals surface area contributed by atoms with Crippen molar-refractivity contribution in [3.05, 3.63) is 29.8 Å². The molecule has 0 radical (unpaired) electrons. The van der Waals surface area contributed by atoms with Crippen LogP contribution in [-0.2, 0) is 4.79 Å². The van der Waals surface area contributed by atoms with Gasteiger partial charge in [0.25, 0.3) is 5.91 Å². The monoisotopic (exact) mass is 289 g/mol. The molecule has 5 nitrogen and oxygen atoms in total. The van der Waals surface area contributed by atoms with Gasteiger partial charge >= 0.3 is 0 Å². The van der Waals surface area contributed by atoms with Crippen LogP contribution in [0.3, 0.4) is 0 Å². The number of hydrogen-bond donors (Lipinski definition) is 3. The Morgan fingerprint density at radius 3 is 2.57 bits per heavy atom. The molecule has 0 atom stereocenters. The summed E-state index contributed by atoms with van der Waals surface area (Å²) in [4.78, 5) is 23.1. The van der Waals surface area contributed by atoms with E-state index in [1.807, 2.05) is 0 Å². The molecule has 2 rings (SSSR count). The SMILES string of the molecule is NC(=O)c1ccccc1NCC(=O)NCC1CCCCC1. The van der Waals surface area contributed by atoms with Crippen LogP contribution >= 0.6 is 0 Å². The van der Waals surface area contributed by atoms with Crippen molar-refractivity contribution in [3.63, 3.8) is 0 Å². The molecule has 0 heterocycles. The first-order valence-corrected chi connectivity index (χ1v) is 7.56. The van der Waals surface area contributed by atoms with E-state index in [1.165, 1.54) is 32.1 Å². The molecule has 0 spiro atoms. The summed E-state index contributed by atoms with van der Waals surface area (Å²) in [5.41, 5.74) is 6.29. The molecule has 1 fully saturated rings. The molecule has 1 saturated carbocycles. The van der Waals surface area contributed by atoms with E-state index < -0.39 is 5.91 Å². The van der Waals surface area contributed by atoms with Crippen molar-refractivity contribution in [2.24, 2.45) is 11.7 Å². The first kappa shape index (κ1) is 15.4. The Labute approximate surface area is 125 Å². The first-order chi connectivity index (χ1) is 10.2. The van der Waals surface area contributed by atoms with E-state index in [9.17, 15) is 9.59 Å². The number of primary amides is 1. The number of anilines is 1. The Balaban J connectivity index is 1.77. The van der Waals surface area contributed by atoms with E-state index >= 15 is 0 Å². The number of carbonyl (C=O) groups is 2. The minimum Gasteiger partial charge on any atom is -0.376 e. The van der Waals surface area contributed by atoms with Gasteiger partial charge in [0.15, 0.2) is 0 Å². The Hall–Kier alpha value is -2.04. The highest BCUT2D eigenvalue weighted by molar-refractivity contribution is 5.98. The minimum absolute atomic E-state index is 0.0557. The molecule has 0 aromatic heterocycles. The molecule has 0 unspecified atom stereocenters. The van der Waals surface area contributed by atoms with E-state index in [4.69, 9.17) is 5.73 Å². The molecule has 1 aliphatic rings. The maximum Gasteiger partial charge on any atom is 0.250 e. The summed E-state index contributed by atoms with van der Waals surface area (Å²) in [6.07, 6.45) is 6.27. The molecule has 0 bridgehead atoms. The van der Waals surface area contributed by atoms with Crippen molar-refractivity contribution in [1.29, 1.82) is 0 Å². The number of carbonyl (C=O) groups excluding carboxylic acids is 2. The molecule has 21 heavy (non-hydrogen) atoms. The van der Waals surface area contributed by atoms with Crippen LogP contribution in [0.4, 0.5) is 5.69 Å². The third kappa shape index (κ3) is 4.77. The third-order valence-corrected chi connectivity index (χ3v) is 3.94. The lowest BCUT2D eigenvalue weighted by Gasteiger charge is -2.21. The number of para-hydroxylation sites is 1. The summed E-state index contributed by atoms with van der Waals surface area (Å²) in [7, 11) is 0. The summed E-state index contributed by atoms with van der Waals surface area (Å²) >= 11 is 0. The highest BCUT2D eigenvalue weighted by Crippen LogP contribution is 2.22. The number of hydrogen-bond acceptors (Lipinski definition) is 3. The standard InChI is InChI=1S/C16H23N3O2/c17-16(21)13-8-4-5-9-14(13)18-11-15(20)19-10-12-6-2-1-3-7-12/h4-5,8-9,12,18H,1-3,6-7,10-11H2,(H2,17,21)(H,19,20). The fraction of sp³-hybridized carbons (Fsp3) is 0.500. The average Bonchev–Trinajstić information content (AvgIpc) is 2.52. The quantitative estimate of drug-likeness (QED) is 0.747. The molecule has 0 aliphatic heterocycles. The van der Waals surface area contributed by atoms with Gasteiger partial charge in [0.05, 0.1) is 12.1 Å². The second-order valence-corrected chi connectivity index (χ2v) is 5.57. The summed E-state index contributed by atoms with van der Waals surface area (Å²) < 4.78 is 0. The van der Waals surface area contributed by atoms with E-state index in [2.05, 4.69) is 10.6 Å².